The topological polar surface area (TPSA) is 70.2 Å². The molecule has 29 heavy (non-hydrogen) atoms. The van der Waals surface area contributed by atoms with Gasteiger partial charge in [0.05, 0.1) is 17.9 Å². The number of carbonyl (C=O) groups excluding carboxylic acids is 1. The lowest BCUT2D eigenvalue weighted by atomic mass is 10.2. The van der Waals surface area contributed by atoms with E-state index >= 15 is 0 Å². The van der Waals surface area contributed by atoms with Crippen molar-refractivity contribution >= 4 is 29.3 Å². The predicted molar refractivity (Wildman–Crippen MR) is 112 cm³/mol. The highest BCUT2D eigenvalue weighted by Gasteiger charge is 2.26. The van der Waals surface area contributed by atoms with Crippen molar-refractivity contribution in [3.05, 3.63) is 52.4 Å². The lowest BCUT2D eigenvalue weighted by Crippen LogP contribution is -2.08. The molecule has 4 rings (SSSR count). The van der Waals surface area contributed by atoms with E-state index in [9.17, 15) is 4.79 Å². The van der Waals surface area contributed by atoms with Gasteiger partial charge in [-0.1, -0.05) is 48.3 Å². The summed E-state index contributed by atoms with van der Waals surface area (Å²) in [7, 11) is 1.35. The van der Waals surface area contributed by atoms with Crippen molar-refractivity contribution in [2.45, 2.75) is 49.6 Å². The number of hydrogen-bond donors (Lipinski definition) is 0. The Labute approximate surface area is 178 Å². The number of carbonyl (C=O) groups is 1. The van der Waals surface area contributed by atoms with Gasteiger partial charge < -0.3 is 9.15 Å². The van der Waals surface area contributed by atoms with Gasteiger partial charge >= 0.3 is 5.97 Å². The number of methoxy groups -OCH3 is 1. The number of aromatic nitrogens is 3. The average Bonchev–Trinajstić information content (AvgIpc) is 3.45. The summed E-state index contributed by atoms with van der Waals surface area (Å²) in [6.45, 7) is 1.83. The third-order valence-corrected chi connectivity index (χ3v) is 6.45. The molecule has 3 aromatic rings. The number of ether oxygens (including phenoxy) is 1. The third kappa shape index (κ3) is 4.07. The molecule has 1 aliphatic carbocycles. The maximum Gasteiger partial charge on any atom is 0.374 e. The summed E-state index contributed by atoms with van der Waals surface area (Å²) >= 11 is 7.99. The summed E-state index contributed by atoms with van der Waals surface area (Å²) in [6, 6.07) is 9.95. The maximum absolute atomic E-state index is 11.8. The predicted octanol–water partition coefficient (Wildman–Crippen LogP) is 5.69. The minimum atomic E-state index is -0.464. The Morgan fingerprint density at radius 3 is 2.79 bits per heavy atom. The highest BCUT2D eigenvalue weighted by Crippen LogP contribution is 2.39. The van der Waals surface area contributed by atoms with Crippen LogP contribution in [0.1, 0.15) is 53.6 Å². The van der Waals surface area contributed by atoms with Crippen molar-refractivity contribution in [3.8, 4) is 11.4 Å². The number of esters is 1. The van der Waals surface area contributed by atoms with E-state index in [1.807, 2.05) is 37.3 Å². The Morgan fingerprint density at radius 1 is 1.31 bits per heavy atom. The zero-order valence-corrected chi connectivity index (χ0v) is 17.9. The maximum atomic E-state index is 11.8. The van der Waals surface area contributed by atoms with Crippen LogP contribution in [-0.4, -0.2) is 27.8 Å². The minimum Gasteiger partial charge on any atom is -0.463 e. The van der Waals surface area contributed by atoms with Crippen LogP contribution in [0.5, 0.6) is 0 Å². The third-order valence-electron chi connectivity index (χ3n) is 5.15. The molecule has 0 amide bonds. The number of halogens is 1. The molecule has 2 heterocycles. The molecule has 1 fully saturated rings. The first-order chi connectivity index (χ1) is 14.1. The molecule has 8 heteroatoms. The zero-order valence-electron chi connectivity index (χ0n) is 16.4. The van der Waals surface area contributed by atoms with Gasteiger partial charge in [0.25, 0.3) is 0 Å². The first-order valence-electron chi connectivity index (χ1n) is 9.58. The fraction of sp³-hybridized carbons (Fsp3) is 0.381. The molecular weight excluding hydrogens is 410 g/mol. The van der Waals surface area contributed by atoms with Crippen molar-refractivity contribution in [1.29, 1.82) is 0 Å². The van der Waals surface area contributed by atoms with E-state index in [0.29, 0.717) is 22.6 Å². The van der Waals surface area contributed by atoms with E-state index in [4.69, 9.17) is 20.8 Å². The molecule has 2 aromatic heterocycles. The molecule has 6 nitrogen and oxygen atoms in total. The normalized spacial score (nSPS) is 14.4. The van der Waals surface area contributed by atoms with E-state index in [1.54, 1.807) is 11.8 Å². The average molecular weight is 432 g/mol. The number of thioether (sulfide) groups is 1. The second kappa shape index (κ2) is 8.63. The standard InChI is InChI=1S/C21H22ClN3O3S/c1-13-11-15(28-18(13)20(26)27-2)12-29-21-24-23-19(16-9-5-6-10-17(16)22)25(21)14-7-3-4-8-14/h5-6,9-11,14H,3-4,7-8,12H2,1-2H3. The van der Waals surface area contributed by atoms with Gasteiger partial charge in [0.15, 0.2) is 11.0 Å². The summed E-state index contributed by atoms with van der Waals surface area (Å²) in [5.41, 5.74) is 1.66. The number of hydrogen-bond acceptors (Lipinski definition) is 6. The van der Waals surface area contributed by atoms with Crippen LogP contribution in [0.15, 0.2) is 39.9 Å². The van der Waals surface area contributed by atoms with Crippen LogP contribution in [0.4, 0.5) is 0 Å². The van der Waals surface area contributed by atoms with E-state index in [1.165, 1.54) is 20.0 Å². The van der Waals surface area contributed by atoms with Gasteiger partial charge in [0.1, 0.15) is 5.76 Å². The molecule has 1 aliphatic rings. The van der Waals surface area contributed by atoms with Crippen LogP contribution < -0.4 is 0 Å². The Bertz CT molecular complexity index is 1020. The van der Waals surface area contributed by atoms with Crippen molar-refractivity contribution in [2.75, 3.05) is 7.11 Å². The quantitative estimate of drug-likeness (QED) is 0.368. The second-order valence-electron chi connectivity index (χ2n) is 7.10. The van der Waals surface area contributed by atoms with Crippen molar-refractivity contribution in [1.82, 2.24) is 14.8 Å². The number of benzene rings is 1. The zero-order chi connectivity index (χ0) is 20.4. The fourth-order valence-electron chi connectivity index (χ4n) is 3.74. The monoisotopic (exact) mass is 431 g/mol. The minimum absolute atomic E-state index is 0.247. The number of nitrogens with zero attached hydrogens (tertiary/aromatic N) is 3. The van der Waals surface area contributed by atoms with Gasteiger partial charge in [0.2, 0.25) is 5.76 Å². The molecule has 0 spiro atoms. The first-order valence-corrected chi connectivity index (χ1v) is 10.9. The molecule has 1 aromatic carbocycles. The molecule has 0 N–H and O–H groups in total. The van der Waals surface area contributed by atoms with Crippen LogP contribution in [0.3, 0.4) is 0 Å². The molecule has 0 unspecified atom stereocenters. The number of aryl methyl sites for hydroxylation is 1. The van der Waals surface area contributed by atoms with Crippen LogP contribution >= 0.6 is 23.4 Å². The van der Waals surface area contributed by atoms with Crippen LogP contribution in [0.2, 0.25) is 5.02 Å². The summed E-state index contributed by atoms with van der Waals surface area (Å²) in [4.78, 5) is 11.8. The second-order valence-corrected chi connectivity index (χ2v) is 8.45. The molecule has 0 atom stereocenters. The van der Waals surface area contributed by atoms with Gasteiger partial charge in [-0.2, -0.15) is 0 Å². The number of furan rings is 1. The molecule has 0 aliphatic heterocycles. The molecule has 152 valence electrons. The lowest BCUT2D eigenvalue weighted by Gasteiger charge is -2.17. The molecule has 1 saturated carbocycles. The van der Waals surface area contributed by atoms with Crippen molar-refractivity contribution < 1.29 is 13.9 Å². The van der Waals surface area contributed by atoms with Crippen LogP contribution in [0.25, 0.3) is 11.4 Å². The van der Waals surface area contributed by atoms with E-state index in [2.05, 4.69) is 14.8 Å². The van der Waals surface area contributed by atoms with Gasteiger partial charge in [-0.05, 0) is 38.0 Å². The Balaban J connectivity index is 1.63. The smallest absolute Gasteiger partial charge is 0.374 e. The Morgan fingerprint density at radius 2 is 2.07 bits per heavy atom. The highest BCUT2D eigenvalue weighted by molar-refractivity contribution is 7.98. The Hall–Kier alpha value is -2.25. The van der Waals surface area contributed by atoms with E-state index in [0.717, 1.165) is 34.9 Å². The van der Waals surface area contributed by atoms with Crippen LogP contribution in [-0.2, 0) is 10.5 Å². The Kier molecular flexibility index (Phi) is 5.96. The van der Waals surface area contributed by atoms with Crippen molar-refractivity contribution in [3.63, 3.8) is 0 Å². The van der Waals surface area contributed by atoms with Crippen molar-refractivity contribution in [2.24, 2.45) is 0 Å². The highest BCUT2D eigenvalue weighted by atomic mass is 35.5. The summed E-state index contributed by atoms with van der Waals surface area (Å²) in [5.74, 6) is 1.83. The van der Waals surface area contributed by atoms with Gasteiger partial charge in [0, 0.05) is 17.2 Å². The molecule has 0 saturated heterocycles. The fourth-order valence-corrected chi connectivity index (χ4v) is 4.85. The molecule has 0 bridgehead atoms. The lowest BCUT2D eigenvalue weighted by molar-refractivity contribution is 0.0562. The SMILES string of the molecule is COC(=O)c1oc(CSc2nnc(-c3ccccc3Cl)n2C2CCCC2)cc1C. The van der Waals surface area contributed by atoms with E-state index < -0.39 is 5.97 Å². The van der Waals surface area contributed by atoms with Gasteiger partial charge in [-0.15, -0.1) is 10.2 Å². The number of rotatable bonds is 6. The largest absolute Gasteiger partial charge is 0.463 e. The van der Waals surface area contributed by atoms with Gasteiger partial charge in [-0.3, -0.25) is 4.57 Å². The summed E-state index contributed by atoms with van der Waals surface area (Å²) < 4.78 is 12.7. The molecule has 0 radical (unpaired) electrons. The first kappa shape index (κ1) is 20.0. The molecular formula is C21H22ClN3O3S. The van der Waals surface area contributed by atoms with Crippen LogP contribution in [0, 0.1) is 6.92 Å². The van der Waals surface area contributed by atoms with Gasteiger partial charge in [-0.25, -0.2) is 4.79 Å². The summed E-state index contributed by atoms with van der Waals surface area (Å²) in [5, 5.41) is 10.4. The van der Waals surface area contributed by atoms with E-state index in [-0.39, 0.29) is 5.76 Å². The summed E-state index contributed by atoms with van der Waals surface area (Å²) in [6.07, 6.45) is 4.62.